The predicted molar refractivity (Wildman–Crippen MR) is 84.3 cm³/mol. The van der Waals surface area contributed by atoms with Gasteiger partial charge in [0.2, 0.25) is 0 Å². The quantitative estimate of drug-likeness (QED) is 0.861. The van der Waals surface area contributed by atoms with Crippen molar-refractivity contribution in [2.45, 2.75) is 45.3 Å². The van der Waals surface area contributed by atoms with Gasteiger partial charge in [0.25, 0.3) is 0 Å². The SMILES string of the molecule is CC(C)N1C(=O)OC[C@H]2CCN(Cc3cccnc3)CC[C@@H]21. The van der Waals surface area contributed by atoms with Crippen LogP contribution in [0.3, 0.4) is 0 Å². The molecule has 1 aromatic rings. The van der Waals surface area contributed by atoms with Gasteiger partial charge in [-0.1, -0.05) is 6.07 Å². The first-order valence-corrected chi connectivity index (χ1v) is 8.21. The standard InChI is InChI=1S/C17H25N3O2/c1-13(2)20-16-6-9-19(11-14-4-3-7-18-10-14)8-5-15(16)12-22-17(20)21/h3-4,7,10,13,15-16H,5-6,8-9,11-12H2,1-2H3/t15-,16+/m1/s1. The lowest BCUT2D eigenvalue weighted by Crippen LogP contribution is -2.54. The third-order valence-corrected chi connectivity index (χ3v) is 4.78. The Morgan fingerprint density at radius 2 is 2.18 bits per heavy atom. The Morgan fingerprint density at radius 3 is 2.91 bits per heavy atom. The van der Waals surface area contributed by atoms with Gasteiger partial charge in [-0.3, -0.25) is 9.88 Å². The summed E-state index contributed by atoms with van der Waals surface area (Å²) in [4.78, 5) is 20.7. The second kappa shape index (κ2) is 6.65. The van der Waals surface area contributed by atoms with Crippen molar-refractivity contribution in [3.05, 3.63) is 30.1 Å². The summed E-state index contributed by atoms with van der Waals surface area (Å²) in [6.45, 7) is 7.73. The van der Waals surface area contributed by atoms with Crippen LogP contribution in [0.2, 0.25) is 0 Å². The van der Waals surface area contributed by atoms with Crippen molar-refractivity contribution in [3.63, 3.8) is 0 Å². The van der Waals surface area contributed by atoms with Crippen LogP contribution in [0.1, 0.15) is 32.3 Å². The van der Waals surface area contributed by atoms with E-state index in [2.05, 4.69) is 29.8 Å². The van der Waals surface area contributed by atoms with Crippen LogP contribution >= 0.6 is 0 Å². The molecule has 0 unspecified atom stereocenters. The second-order valence-electron chi connectivity index (χ2n) is 6.62. The molecular weight excluding hydrogens is 278 g/mol. The van der Waals surface area contributed by atoms with Crippen LogP contribution in [0.15, 0.2) is 24.5 Å². The number of nitrogens with zero attached hydrogens (tertiary/aromatic N) is 3. The lowest BCUT2D eigenvalue weighted by Gasteiger charge is -2.41. The maximum absolute atomic E-state index is 12.1. The fraction of sp³-hybridized carbons (Fsp3) is 0.647. The number of hydrogen-bond donors (Lipinski definition) is 0. The molecular formula is C17H25N3O2. The second-order valence-corrected chi connectivity index (χ2v) is 6.62. The van der Waals surface area contributed by atoms with Gasteiger partial charge in [0.15, 0.2) is 0 Å². The van der Waals surface area contributed by atoms with E-state index >= 15 is 0 Å². The summed E-state index contributed by atoms with van der Waals surface area (Å²) in [7, 11) is 0. The summed E-state index contributed by atoms with van der Waals surface area (Å²) >= 11 is 0. The highest BCUT2D eigenvalue weighted by Crippen LogP contribution is 2.30. The number of likely N-dealkylation sites (tertiary alicyclic amines) is 1. The molecule has 22 heavy (non-hydrogen) atoms. The van der Waals surface area contributed by atoms with Gasteiger partial charge in [-0.05, 0) is 44.9 Å². The third-order valence-electron chi connectivity index (χ3n) is 4.78. The monoisotopic (exact) mass is 303 g/mol. The van der Waals surface area contributed by atoms with Gasteiger partial charge in [0, 0.05) is 43.5 Å². The minimum Gasteiger partial charge on any atom is -0.449 e. The molecule has 2 aliphatic heterocycles. The molecule has 0 aromatic carbocycles. The number of rotatable bonds is 3. The van der Waals surface area contributed by atoms with Gasteiger partial charge in [0.05, 0.1) is 6.61 Å². The normalized spacial score (nSPS) is 26.5. The Bertz CT molecular complexity index is 506. The summed E-state index contributed by atoms with van der Waals surface area (Å²) in [6.07, 6.45) is 5.71. The average molecular weight is 303 g/mol. The smallest absolute Gasteiger partial charge is 0.410 e. The zero-order chi connectivity index (χ0) is 15.5. The number of cyclic esters (lactones) is 1. The van der Waals surface area contributed by atoms with Gasteiger partial charge in [-0.15, -0.1) is 0 Å². The van der Waals surface area contributed by atoms with Crippen molar-refractivity contribution >= 4 is 6.09 Å². The Kier molecular flexibility index (Phi) is 4.62. The molecule has 2 atom stereocenters. The van der Waals surface area contributed by atoms with E-state index in [0.717, 1.165) is 32.5 Å². The molecule has 1 amide bonds. The zero-order valence-corrected chi connectivity index (χ0v) is 13.4. The molecule has 1 aromatic heterocycles. The minimum absolute atomic E-state index is 0.142. The molecule has 0 bridgehead atoms. The molecule has 0 radical (unpaired) electrons. The molecule has 0 spiro atoms. The maximum Gasteiger partial charge on any atom is 0.410 e. The maximum atomic E-state index is 12.1. The van der Waals surface area contributed by atoms with Crippen molar-refractivity contribution < 1.29 is 9.53 Å². The Balaban J connectivity index is 1.67. The number of fused-ring (bicyclic) bond motifs is 1. The van der Waals surface area contributed by atoms with E-state index in [1.54, 1.807) is 0 Å². The van der Waals surface area contributed by atoms with Crippen LogP contribution in [0, 0.1) is 5.92 Å². The molecule has 5 heteroatoms. The highest BCUT2D eigenvalue weighted by Gasteiger charge is 2.39. The fourth-order valence-corrected chi connectivity index (χ4v) is 3.65. The van der Waals surface area contributed by atoms with Gasteiger partial charge in [-0.25, -0.2) is 4.79 Å². The highest BCUT2D eigenvalue weighted by atomic mass is 16.6. The number of hydrogen-bond acceptors (Lipinski definition) is 4. The Labute approximate surface area is 132 Å². The molecule has 3 heterocycles. The number of ether oxygens (including phenoxy) is 1. The summed E-state index contributed by atoms with van der Waals surface area (Å²) in [5.74, 6) is 0.457. The topological polar surface area (TPSA) is 45.7 Å². The third kappa shape index (κ3) is 3.24. The van der Waals surface area contributed by atoms with Crippen LogP contribution in [-0.2, 0) is 11.3 Å². The van der Waals surface area contributed by atoms with Crippen LogP contribution < -0.4 is 0 Å². The summed E-state index contributed by atoms with van der Waals surface area (Å²) in [6, 6.07) is 4.63. The Morgan fingerprint density at radius 1 is 1.36 bits per heavy atom. The molecule has 0 N–H and O–H groups in total. The van der Waals surface area contributed by atoms with Crippen LogP contribution in [0.25, 0.3) is 0 Å². The summed E-state index contributed by atoms with van der Waals surface area (Å²) < 4.78 is 5.39. The lowest BCUT2D eigenvalue weighted by atomic mass is 9.92. The van der Waals surface area contributed by atoms with Crippen molar-refractivity contribution in [2.24, 2.45) is 5.92 Å². The van der Waals surface area contributed by atoms with Gasteiger partial charge >= 0.3 is 6.09 Å². The van der Waals surface area contributed by atoms with Crippen LogP contribution in [0.5, 0.6) is 0 Å². The number of aromatic nitrogens is 1. The minimum atomic E-state index is -0.142. The summed E-state index contributed by atoms with van der Waals surface area (Å²) in [5.41, 5.74) is 1.25. The van der Waals surface area contributed by atoms with Gasteiger partial charge in [0.1, 0.15) is 0 Å². The molecule has 0 saturated carbocycles. The van der Waals surface area contributed by atoms with Crippen LogP contribution in [0.4, 0.5) is 4.79 Å². The first-order valence-electron chi connectivity index (χ1n) is 8.21. The molecule has 0 aliphatic carbocycles. The number of carbonyl (C=O) groups excluding carboxylic acids is 1. The average Bonchev–Trinajstić information content (AvgIpc) is 2.70. The fourth-order valence-electron chi connectivity index (χ4n) is 3.65. The van der Waals surface area contributed by atoms with Crippen LogP contribution in [-0.4, -0.2) is 52.7 Å². The molecule has 3 rings (SSSR count). The first kappa shape index (κ1) is 15.3. The lowest BCUT2D eigenvalue weighted by molar-refractivity contribution is -0.00598. The number of pyridine rings is 1. The molecule has 2 fully saturated rings. The number of carbonyl (C=O) groups is 1. The number of amides is 1. The Hall–Kier alpha value is -1.62. The van der Waals surface area contributed by atoms with Gasteiger partial charge in [-0.2, -0.15) is 0 Å². The van der Waals surface area contributed by atoms with Crippen molar-refractivity contribution in [1.29, 1.82) is 0 Å². The van der Waals surface area contributed by atoms with Crippen molar-refractivity contribution in [3.8, 4) is 0 Å². The molecule has 120 valence electrons. The van der Waals surface area contributed by atoms with E-state index in [1.165, 1.54) is 5.56 Å². The van der Waals surface area contributed by atoms with E-state index in [1.807, 2.05) is 23.4 Å². The summed E-state index contributed by atoms with van der Waals surface area (Å²) in [5, 5.41) is 0. The van der Waals surface area contributed by atoms with E-state index < -0.39 is 0 Å². The molecule has 2 aliphatic rings. The first-order chi connectivity index (χ1) is 10.6. The van der Waals surface area contributed by atoms with E-state index in [9.17, 15) is 4.79 Å². The largest absolute Gasteiger partial charge is 0.449 e. The molecule has 2 saturated heterocycles. The van der Waals surface area contributed by atoms with E-state index in [4.69, 9.17) is 4.74 Å². The van der Waals surface area contributed by atoms with Gasteiger partial charge < -0.3 is 9.64 Å². The van der Waals surface area contributed by atoms with E-state index in [0.29, 0.717) is 18.6 Å². The highest BCUT2D eigenvalue weighted by molar-refractivity contribution is 5.69. The molecule has 5 nitrogen and oxygen atoms in total. The van der Waals surface area contributed by atoms with E-state index in [-0.39, 0.29) is 12.1 Å². The predicted octanol–water partition coefficient (Wildman–Crippen LogP) is 2.52. The van der Waals surface area contributed by atoms with Crippen molar-refractivity contribution in [1.82, 2.24) is 14.8 Å². The van der Waals surface area contributed by atoms with Crippen molar-refractivity contribution in [2.75, 3.05) is 19.7 Å². The zero-order valence-electron chi connectivity index (χ0n) is 13.4.